The predicted molar refractivity (Wildman–Crippen MR) is 564 cm³/mol. The van der Waals surface area contributed by atoms with E-state index in [0.717, 1.165) is 192 Å². The molecule has 1 aliphatic heterocycles. The molecule has 0 spiro atoms. The second kappa shape index (κ2) is 55.2. The Balaban J connectivity index is 0.000000240. The van der Waals surface area contributed by atoms with E-state index in [2.05, 4.69) is 117 Å². The number of fused-ring (bicyclic) bond motifs is 26. The molecule has 0 saturated carbocycles. The van der Waals surface area contributed by atoms with Crippen LogP contribution in [-0.2, 0) is 58.1 Å². The Kier molecular flexibility index (Phi) is 44.1. The molecule has 26 heteroatoms. The number of rotatable bonds is 3. The SMILES string of the molecule is CC.CC.CC.CC#N.CCOCC.CN.C[N+](=O)[O-].C[N+](=O)[O-].O=C1Cc2ccccc2C(=O)O1.O=c1[nH]c2c(c3ccccc13)Cc1ccccc1-2.O=c1[nH]c2c(c3ccccc13)Cc1ccccc1-2.O=c1[nH]c2c(c3ccccc13)Cc1ccccc1-2.O=c1[nH]c2c(c3ccccc13)Cc1ccccc1-2.O=c1[nH]c2c(c3ccccc13)Cc1ccccc1-2.[AlH3].[C-]#[N+]c1ccccc1CBr.[H-].[Li+]. The van der Waals surface area contributed by atoms with Gasteiger partial charge in [-0.2, -0.15) is 5.26 Å². The molecule has 12 aromatic carbocycles. The van der Waals surface area contributed by atoms with Crippen molar-refractivity contribution in [1.82, 2.24) is 24.9 Å². The van der Waals surface area contributed by atoms with Gasteiger partial charge >= 0.3 is 30.8 Å². The van der Waals surface area contributed by atoms with Crippen LogP contribution >= 0.6 is 15.9 Å². The molecule has 23 rings (SSSR count). The van der Waals surface area contributed by atoms with E-state index in [0.29, 0.717) is 5.56 Å². The number of cyclic esters (lactones) is 2. The number of carbonyl (C=O) groups excluding carboxylic acids is 2. The zero-order chi connectivity index (χ0) is 98.5. The van der Waals surface area contributed by atoms with E-state index < -0.39 is 21.8 Å². The Morgan fingerprint density at radius 3 is 0.768 bits per heavy atom. The van der Waals surface area contributed by atoms with Gasteiger partial charge in [-0.25, -0.2) is 9.64 Å². The molecule has 700 valence electrons. The van der Waals surface area contributed by atoms with Crippen LogP contribution in [0.2, 0.25) is 0 Å². The fourth-order valence-electron chi connectivity index (χ4n) is 16.4. The van der Waals surface area contributed by atoms with Crippen LogP contribution in [0.3, 0.4) is 0 Å². The molecule has 0 bridgehead atoms. The minimum absolute atomic E-state index is 0. The smallest absolute Gasteiger partial charge is 1.00 e. The Labute approximate surface area is 833 Å². The Morgan fingerprint density at radius 2 is 0.565 bits per heavy atom. The van der Waals surface area contributed by atoms with Gasteiger partial charge in [0.1, 0.15) is 0 Å². The van der Waals surface area contributed by atoms with Crippen LogP contribution in [0.1, 0.15) is 141 Å². The molecular weight excluding hydrogens is 1810 g/mol. The number of hydrogen-bond donors (Lipinski definition) is 6. The van der Waals surface area contributed by atoms with Gasteiger partial charge in [-0.15, -0.1) is 0 Å². The molecule has 0 radical (unpaired) electrons. The first-order valence-electron chi connectivity index (χ1n) is 44.7. The van der Waals surface area contributed by atoms with Crippen LogP contribution in [0.4, 0.5) is 5.69 Å². The number of carbonyl (C=O) groups is 2. The van der Waals surface area contributed by atoms with Gasteiger partial charge in [-0.05, 0) is 151 Å². The average Bonchev–Trinajstić information content (AvgIpc) is 1.65. The zero-order valence-corrected chi connectivity index (χ0v) is 80.7. The zero-order valence-electron chi connectivity index (χ0n) is 80.1. The van der Waals surface area contributed by atoms with Crippen molar-refractivity contribution >= 4 is 105 Å². The number of ether oxygens (including phenoxy) is 2. The first-order valence-corrected chi connectivity index (χ1v) is 45.9. The molecule has 5 aliphatic carbocycles. The van der Waals surface area contributed by atoms with Crippen molar-refractivity contribution in [1.29, 1.82) is 5.26 Å². The molecule has 23 nitrogen and oxygen atoms in total. The average molecular weight is 1920 g/mol. The van der Waals surface area contributed by atoms with Crippen molar-refractivity contribution in [3.63, 3.8) is 0 Å². The number of benzene rings is 12. The van der Waals surface area contributed by atoms with E-state index in [-0.39, 0.29) is 71.9 Å². The van der Waals surface area contributed by atoms with E-state index in [4.69, 9.17) is 36.8 Å². The summed E-state index contributed by atoms with van der Waals surface area (Å²) < 4.78 is 9.27. The van der Waals surface area contributed by atoms with Gasteiger partial charge in [0.25, 0.3) is 27.8 Å². The number of aromatic nitrogens is 5. The standard InChI is InChI=1S/5C16H11NO.C9H6O3.C8H6BrN.C4H10O.C2H3N.3C2H6.2CH3NO2.CH5N.Al.Li.4H/c5*18-16-13-8-4-3-7-12(13)14-9-10-5-1-2-6-11(10)15(14)17-16;10-8-5-6-3-1-2-4-7(6)9(11)12-8;1-10-8-5-3-2-4-7(8)6-9;1-3-5-4-2;1-2-3;3*1-2;2*1-2(3)4;1-2;;;;;;/h5*1-8H,9H2,(H,17,18);1-4H,5H2;2-5H,6H2;3-4H2,1-2H3;1H3;3*1-2H3;2*1H3;2H2,1H3;;;;;;/q;;;;;;;;;;;;;;;;+1;;;;-1. The number of hydrogen-bond acceptors (Lipinski definition) is 15. The topological polar surface area (TPSA) is 357 Å². The monoisotopic (exact) mass is 1920 g/mol. The molecule has 6 aliphatic rings. The number of alkyl halides is 1. The van der Waals surface area contributed by atoms with E-state index in [1.807, 2.05) is 262 Å². The number of nitrogens with zero attached hydrogens (tertiary/aromatic N) is 4. The summed E-state index contributed by atoms with van der Waals surface area (Å²) in [7, 11) is 3.28. The van der Waals surface area contributed by atoms with Crippen molar-refractivity contribution in [2.45, 2.75) is 106 Å². The fraction of sp³-hybridized carbons (Fsp3) is 0.188. The molecule has 7 N–H and O–H groups in total. The maximum atomic E-state index is 12.1. The third kappa shape index (κ3) is 26.9. The van der Waals surface area contributed by atoms with Crippen LogP contribution in [-0.4, -0.2) is 98.4 Å². The Morgan fingerprint density at radius 1 is 0.377 bits per heavy atom. The number of para-hydroxylation sites is 1. The number of pyridine rings is 5. The van der Waals surface area contributed by atoms with Crippen LogP contribution < -0.4 is 52.4 Å². The summed E-state index contributed by atoms with van der Waals surface area (Å²) in [6, 6.07) is 96.7. The van der Waals surface area contributed by atoms with Gasteiger partial charge in [0.05, 0.1) is 53.1 Å². The number of nitrogens with one attached hydrogen (secondary N) is 5. The van der Waals surface area contributed by atoms with E-state index in [1.165, 1.54) is 69.6 Å². The summed E-state index contributed by atoms with van der Waals surface area (Å²) in [6.45, 7) is 25.9. The number of halogens is 1. The summed E-state index contributed by atoms with van der Waals surface area (Å²) in [5, 5.41) is 35.0. The molecule has 0 atom stereocenters. The Bertz CT molecular complexity index is 6700. The summed E-state index contributed by atoms with van der Waals surface area (Å²) in [5.41, 5.74) is 31.0. The normalized spacial score (nSPS) is 11.0. The van der Waals surface area contributed by atoms with Gasteiger partial charge in [-0.3, -0.25) is 49.0 Å². The molecule has 0 amide bonds. The van der Waals surface area contributed by atoms with Gasteiger partial charge < -0.3 is 41.6 Å². The van der Waals surface area contributed by atoms with Crippen LogP contribution in [0.15, 0.2) is 315 Å². The molecule has 5 aromatic heterocycles. The molecule has 0 fully saturated rings. The fourth-order valence-corrected chi connectivity index (χ4v) is 16.9. The van der Waals surface area contributed by atoms with Crippen molar-refractivity contribution in [3.05, 3.63) is 447 Å². The minimum Gasteiger partial charge on any atom is -1.00 e. The van der Waals surface area contributed by atoms with Gasteiger partial charge in [0.15, 0.2) is 37.1 Å². The first kappa shape index (κ1) is 110. The van der Waals surface area contributed by atoms with E-state index in [1.54, 1.807) is 30.3 Å². The maximum absolute atomic E-state index is 12.1. The predicted octanol–water partition coefficient (Wildman–Crippen LogP) is 19.5. The Hall–Kier alpha value is -14.9. The van der Waals surface area contributed by atoms with Gasteiger partial charge in [0, 0.05) is 122 Å². The number of esters is 2. The van der Waals surface area contributed by atoms with Crippen molar-refractivity contribution in [3.8, 4) is 62.4 Å². The largest absolute Gasteiger partial charge is 1.00 e. The van der Waals surface area contributed by atoms with Crippen LogP contribution in [0.25, 0.3) is 115 Å². The molecule has 17 aromatic rings. The molecule has 0 unspecified atom stereocenters. The number of aromatic amines is 5. The van der Waals surface area contributed by atoms with E-state index >= 15 is 0 Å². The third-order valence-electron chi connectivity index (χ3n) is 21.9. The first-order chi connectivity index (χ1) is 66.2. The number of H-pyrrole nitrogens is 5. The second-order valence-corrected chi connectivity index (χ2v) is 30.4. The van der Waals surface area contributed by atoms with Crippen molar-refractivity contribution in [2.75, 3.05) is 34.4 Å². The van der Waals surface area contributed by atoms with Gasteiger partial charge in [-0.1, -0.05) is 312 Å². The summed E-state index contributed by atoms with van der Waals surface area (Å²) in [6.07, 6.45) is 4.72. The quantitative estimate of drug-likeness (QED) is 0.0182. The molecule has 0 saturated heterocycles. The van der Waals surface area contributed by atoms with Crippen LogP contribution in [0.5, 0.6) is 0 Å². The van der Waals surface area contributed by atoms with Gasteiger partial charge in [0.2, 0.25) is 0 Å². The van der Waals surface area contributed by atoms with E-state index in [9.17, 15) is 33.6 Å². The maximum Gasteiger partial charge on any atom is 1.00 e. The molecular formula is C112H113AlBrLiN10O13. The summed E-state index contributed by atoms with van der Waals surface area (Å²) >= 11 is 3.31. The van der Waals surface area contributed by atoms with Crippen LogP contribution in [0, 0.1) is 38.1 Å². The summed E-state index contributed by atoms with van der Waals surface area (Å²) in [5.74, 6) is -1.01. The van der Waals surface area contributed by atoms with Crippen molar-refractivity contribution in [2.24, 2.45) is 5.73 Å². The second-order valence-electron chi connectivity index (χ2n) is 29.8. The number of nitriles is 1. The van der Waals surface area contributed by atoms with Crippen molar-refractivity contribution < 1.29 is 49.2 Å². The molecule has 138 heavy (non-hydrogen) atoms. The summed E-state index contributed by atoms with van der Waals surface area (Å²) in [4.78, 5) is 117. The number of nitro groups is 2. The third-order valence-corrected chi connectivity index (χ3v) is 22.5. The minimum atomic E-state index is -0.540. The number of nitrogens with two attached hydrogens (primary N) is 1. The molecule has 6 heterocycles.